The van der Waals surface area contributed by atoms with Gasteiger partial charge in [-0.05, 0) is 49.4 Å². The Morgan fingerprint density at radius 3 is 2.52 bits per heavy atom. The molecule has 2 aromatic rings. The van der Waals surface area contributed by atoms with Crippen molar-refractivity contribution in [1.82, 2.24) is 0 Å². The SMILES string of the molecule is CCOC(=O)C1=NN(c2cccc(Cl)c2)[C@@H]2C(=O)N(c3ccc(Br)cc3)C(=O)[C@H]12. The third kappa shape index (κ3) is 3.32. The minimum atomic E-state index is -1.05. The van der Waals surface area contributed by atoms with E-state index in [-0.39, 0.29) is 12.3 Å². The highest BCUT2D eigenvalue weighted by atomic mass is 79.9. The van der Waals surface area contributed by atoms with E-state index in [0.29, 0.717) is 16.4 Å². The number of amides is 2. The van der Waals surface area contributed by atoms with Crippen LogP contribution in [0.15, 0.2) is 58.1 Å². The number of imide groups is 1. The normalized spacial score (nSPS) is 20.7. The van der Waals surface area contributed by atoms with Crippen molar-refractivity contribution in [2.75, 3.05) is 16.5 Å². The highest BCUT2D eigenvalue weighted by Crippen LogP contribution is 2.38. The number of anilines is 2. The molecular formula is C20H15BrClN3O4. The largest absolute Gasteiger partial charge is 0.461 e. The van der Waals surface area contributed by atoms with E-state index in [1.165, 1.54) is 5.01 Å². The van der Waals surface area contributed by atoms with Gasteiger partial charge in [-0.1, -0.05) is 33.6 Å². The summed E-state index contributed by atoms with van der Waals surface area (Å²) in [5.41, 5.74) is 0.840. The van der Waals surface area contributed by atoms with Crippen LogP contribution < -0.4 is 9.91 Å². The average Bonchev–Trinajstić information content (AvgIpc) is 3.21. The Morgan fingerprint density at radius 1 is 1.14 bits per heavy atom. The van der Waals surface area contributed by atoms with Gasteiger partial charge in [0.05, 0.1) is 18.0 Å². The predicted octanol–water partition coefficient (Wildman–Crippen LogP) is 3.40. The van der Waals surface area contributed by atoms with Crippen molar-refractivity contribution in [3.8, 4) is 0 Å². The minimum Gasteiger partial charge on any atom is -0.461 e. The number of halogens is 2. The Balaban J connectivity index is 1.79. The van der Waals surface area contributed by atoms with Crippen molar-refractivity contribution in [2.24, 2.45) is 11.0 Å². The Bertz CT molecular complexity index is 1040. The fourth-order valence-electron chi connectivity index (χ4n) is 3.46. The van der Waals surface area contributed by atoms with E-state index in [1.807, 2.05) is 0 Å². The maximum Gasteiger partial charge on any atom is 0.355 e. The number of carbonyl (C=O) groups excluding carboxylic acids is 3. The molecule has 2 amide bonds. The van der Waals surface area contributed by atoms with Gasteiger partial charge in [0.15, 0.2) is 5.71 Å². The second kappa shape index (κ2) is 7.61. The van der Waals surface area contributed by atoms with Crippen molar-refractivity contribution in [1.29, 1.82) is 0 Å². The first-order chi connectivity index (χ1) is 13.9. The fraction of sp³-hybridized carbons (Fsp3) is 0.200. The van der Waals surface area contributed by atoms with Crippen molar-refractivity contribution in [2.45, 2.75) is 13.0 Å². The Kier molecular flexibility index (Phi) is 5.14. The summed E-state index contributed by atoms with van der Waals surface area (Å²) < 4.78 is 5.89. The molecule has 0 saturated carbocycles. The number of hydrogen-bond donors (Lipinski definition) is 0. The molecule has 0 N–H and O–H groups in total. The Labute approximate surface area is 180 Å². The standard InChI is InChI=1S/C20H15BrClN3O4/c1-2-29-20(28)16-15-17(25(23-16)14-5-3-4-12(22)10-14)19(27)24(18(15)26)13-8-6-11(21)7-9-13/h3-10,15,17H,2H2,1H3/t15-,17+/m1/s1. The van der Waals surface area contributed by atoms with E-state index < -0.39 is 29.7 Å². The number of rotatable bonds is 4. The monoisotopic (exact) mass is 475 g/mol. The first-order valence-electron chi connectivity index (χ1n) is 8.86. The first-order valence-corrected chi connectivity index (χ1v) is 10.0. The van der Waals surface area contributed by atoms with Crippen molar-refractivity contribution >= 4 is 62.4 Å². The predicted molar refractivity (Wildman–Crippen MR) is 112 cm³/mol. The third-order valence-electron chi connectivity index (χ3n) is 4.69. The number of ether oxygens (including phenoxy) is 1. The highest BCUT2D eigenvalue weighted by molar-refractivity contribution is 9.10. The lowest BCUT2D eigenvalue weighted by atomic mass is 9.98. The van der Waals surface area contributed by atoms with Crippen LogP contribution in [0, 0.1) is 5.92 Å². The number of fused-ring (bicyclic) bond motifs is 1. The van der Waals surface area contributed by atoms with Gasteiger partial charge in [0.25, 0.3) is 5.91 Å². The molecule has 0 bridgehead atoms. The Morgan fingerprint density at radius 2 is 1.86 bits per heavy atom. The fourth-order valence-corrected chi connectivity index (χ4v) is 3.91. The molecule has 2 aliphatic rings. The number of esters is 1. The van der Waals surface area contributed by atoms with E-state index in [2.05, 4.69) is 21.0 Å². The second-order valence-corrected chi connectivity index (χ2v) is 7.79. The average molecular weight is 477 g/mol. The number of nitrogens with zero attached hydrogens (tertiary/aromatic N) is 3. The summed E-state index contributed by atoms with van der Waals surface area (Å²) >= 11 is 9.42. The van der Waals surface area contributed by atoms with E-state index in [4.69, 9.17) is 16.3 Å². The molecule has 0 aliphatic carbocycles. The molecule has 148 valence electrons. The molecular weight excluding hydrogens is 462 g/mol. The van der Waals surface area contributed by atoms with E-state index >= 15 is 0 Å². The molecule has 7 nitrogen and oxygen atoms in total. The zero-order valence-corrected chi connectivity index (χ0v) is 17.6. The molecule has 2 atom stereocenters. The maximum atomic E-state index is 13.3. The van der Waals surface area contributed by atoms with Gasteiger partial charge < -0.3 is 4.74 Å². The maximum absolute atomic E-state index is 13.3. The van der Waals surface area contributed by atoms with E-state index in [1.54, 1.807) is 55.5 Å². The molecule has 0 unspecified atom stereocenters. The van der Waals surface area contributed by atoms with Gasteiger partial charge in [0.1, 0.15) is 12.0 Å². The van der Waals surface area contributed by atoms with Crippen molar-refractivity contribution in [3.05, 3.63) is 58.0 Å². The summed E-state index contributed by atoms with van der Waals surface area (Å²) in [4.78, 5) is 40.0. The van der Waals surface area contributed by atoms with Gasteiger partial charge in [-0.25, -0.2) is 9.69 Å². The van der Waals surface area contributed by atoms with Crippen LogP contribution in [0.25, 0.3) is 0 Å². The topological polar surface area (TPSA) is 79.3 Å². The molecule has 1 saturated heterocycles. The second-order valence-electron chi connectivity index (χ2n) is 6.44. The zero-order chi connectivity index (χ0) is 20.7. The van der Waals surface area contributed by atoms with Gasteiger partial charge in [-0.15, -0.1) is 0 Å². The summed E-state index contributed by atoms with van der Waals surface area (Å²) in [5.74, 6) is -2.75. The first kappa shape index (κ1) is 19.6. The number of hydrogen-bond acceptors (Lipinski definition) is 6. The molecule has 29 heavy (non-hydrogen) atoms. The molecule has 4 rings (SSSR count). The van der Waals surface area contributed by atoms with Crippen LogP contribution in [-0.2, 0) is 19.1 Å². The molecule has 2 aromatic carbocycles. The summed E-state index contributed by atoms with van der Waals surface area (Å²) in [7, 11) is 0. The van der Waals surface area contributed by atoms with Crippen molar-refractivity contribution < 1.29 is 19.1 Å². The molecule has 0 radical (unpaired) electrons. The molecule has 0 spiro atoms. The molecule has 2 heterocycles. The van der Waals surface area contributed by atoms with Gasteiger partial charge in [-0.2, -0.15) is 5.10 Å². The van der Waals surface area contributed by atoms with Gasteiger partial charge in [0.2, 0.25) is 5.91 Å². The van der Waals surface area contributed by atoms with Crippen LogP contribution in [0.3, 0.4) is 0 Å². The zero-order valence-electron chi connectivity index (χ0n) is 15.2. The quantitative estimate of drug-likeness (QED) is 0.499. The van der Waals surface area contributed by atoms with Crippen LogP contribution in [0.2, 0.25) is 5.02 Å². The summed E-state index contributed by atoms with van der Waals surface area (Å²) in [6, 6.07) is 12.5. The summed E-state index contributed by atoms with van der Waals surface area (Å²) in [6.45, 7) is 1.79. The van der Waals surface area contributed by atoms with Gasteiger partial charge in [0, 0.05) is 9.50 Å². The van der Waals surface area contributed by atoms with Crippen LogP contribution in [-0.4, -0.2) is 36.1 Å². The van der Waals surface area contributed by atoms with E-state index in [9.17, 15) is 14.4 Å². The third-order valence-corrected chi connectivity index (χ3v) is 5.46. The Hall–Kier alpha value is -2.71. The number of hydrazone groups is 1. The highest BCUT2D eigenvalue weighted by Gasteiger charge is 2.59. The van der Waals surface area contributed by atoms with Crippen LogP contribution in [0.5, 0.6) is 0 Å². The van der Waals surface area contributed by atoms with Crippen LogP contribution in [0.1, 0.15) is 6.92 Å². The lowest BCUT2D eigenvalue weighted by Crippen LogP contribution is -2.39. The van der Waals surface area contributed by atoms with Crippen molar-refractivity contribution in [3.63, 3.8) is 0 Å². The van der Waals surface area contributed by atoms with Crippen LogP contribution in [0.4, 0.5) is 11.4 Å². The molecule has 0 aromatic heterocycles. The van der Waals surface area contributed by atoms with Gasteiger partial charge >= 0.3 is 5.97 Å². The van der Waals surface area contributed by atoms with Gasteiger partial charge in [-0.3, -0.25) is 14.6 Å². The summed E-state index contributed by atoms with van der Waals surface area (Å²) in [5, 5.41) is 6.11. The molecule has 1 fully saturated rings. The summed E-state index contributed by atoms with van der Waals surface area (Å²) in [6.07, 6.45) is 0. The number of carbonyl (C=O) groups is 3. The number of benzene rings is 2. The smallest absolute Gasteiger partial charge is 0.355 e. The lowest BCUT2D eigenvalue weighted by molar-refractivity contribution is -0.136. The van der Waals surface area contributed by atoms with Crippen LogP contribution >= 0.6 is 27.5 Å². The minimum absolute atomic E-state index is 0.0882. The lowest BCUT2D eigenvalue weighted by Gasteiger charge is -2.22. The molecule has 9 heteroatoms. The van der Waals surface area contributed by atoms with E-state index in [0.717, 1.165) is 9.37 Å². The molecule has 2 aliphatic heterocycles.